The van der Waals surface area contributed by atoms with Gasteiger partial charge in [-0.3, -0.25) is 4.79 Å². The Kier molecular flexibility index (Phi) is 6.75. The zero-order valence-electron chi connectivity index (χ0n) is 17.1. The van der Waals surface area contributed by atoms with Gasteiger partial charge in [-0.1, -0.05) is 32.3 Å². The van der Waals surface area contributed by atoms with E-state index in [1.165, 1.54) is 4.31 Å². The van der Waals surface area contributed by atoms with Crippen LogP contribution >= 0.6 is 0 Å². The van der Waals surface area contributed by atoms with E-state index in [4.69, 9.17) is 4.52 Å². The maximum absolute atomic E-state index is 12.8. The van der Waals surface area contributed by atoms with Crippen molar-refractivity contribution in [3.8, 4) is 0 Å². The van der Waals surface area contributed by atoms with E-state index in [2.05, 4.69) is 15.5 Å². The van der Waals surface area contributed by atoms with Gasteiger partial charge in [-0.25, -0.2) is 12.7 Å². The Morgan fingerprint density at radius 2 is 1.93 bits per heavy atom. The Hall–Kier alpha value is -1.48. The summed E-state index contributed by atoms with van der Waals surface area (Å²) in [6.07, 6.45) is 4.80. The second kappa shape index (κ2) is 8.90. The normalized spacial score (nSPS) is 20.4. The quantitative estimate of drug-likeness (QED) is 0.668. The van der Waals surface area contributed by atoms with Crippen LogP contribution in [0, 0.1) is 11.8 Å². The number of hydrogen-bond donors (Lipinski definition) is 1. The monoisotopic (exact) mass is 412 g/mol. The first-order chi connectivity index (χ1) is 13.3. The van der Waals surface area contributed by atoms with Gasteiger partial charge in [0, 0.05) is 24.9 Å². The Balaban J connectivity index is 1.56. The third kappa shape index (κ3) is 5.11. The van der Waals surface area contributed by atoms with E-state index >= 15 is 0 Å². The molecule has 3 rings (SSSR count). The molecule has 28 heavy (non-hydrogen) atoms. The lowest BCUT2D eigenvalue weighted by Gasteiger charge is -2.31. The molecule has 1 N–H and O–H groups in total. The average molecular weight is 413 g/mol. The van der Waals surface area contributed by atoms with Crippen molar-refractivity contribution >= 4 is 15.9 Å². The first kappa shape index (κ1) is 21.2. The van der Waals surface area contributed by atoms with Gasteiger partial charge < -0.3 is 9.84 Å². The van der Waals surface area contributed by atoms with Crippen LogP contribution in [-0.4, -0.2) is 47.6 Å². The Bertz CT molecular complexity index is 765. The molecule has 1 aliphatic heterocycles. The summed E-state index contributed by atoms with van der Waals surface area (Å²) in [5, 5.41) is 7.11. The van der Waals surface area contributed by atoms with Crippen molar-refractivity contribution < 1.29 is 17.7 Å². The van der Waals surface area contributed by atoms with Gasteiger partial charge in [0.1, 0.15) is 6.04 Å². The van der Waals surface area contributed by atoms with E-state index < -0.39 is 10.0 Å². The summed E-state index contributed by atoms with van der Waals surface area (Å²) >= 11 is 0. The summed E-state index contributed by atoms with van der Waals surface area (Å²) in [5.74, 6) is 1.66. The lowest BCUT2D eigenvalue weighted by Crippen LogP contribution is -2.44. The number of piperidine rings is 1. The van der Waals surface area contributed by atoms with Gasteiger partial charge in [-0.05, 0) is 38.0 Å². The van der Waals surface area contributed by atoms with Crippen molar-refractivity contribution in [1.29, 1.82) is 0 Å². The van der Waals surface area contributed by atoms with Crippen LogP contribution in [0.3, 0.4) is 0 Å². The molecule has 1 saturated carbocycles. The zero-order valence-corrected chi connectivity index (χ0v) is 17.9. The van der Waals surface area contributed by atoms with Crippen LogP contribution in [0.25, 0.3) is 0 Å². The van der Waals surface area contributed by atoms with Crippen LogP contribution < -0.4 is 5.32 Å². The summed E-state index contributed by atoms with van der Waals surface area (Å²) in [6.45, 7) is 6.81. The molecule has 1 saturated heterocycles. The molecule has 0 spiro atoms. The number of nitrogens with one attached hydrogen (secondary N) is 1. The molecule has 1 aromatic rings. The van der Waals surface area contributed by atoms with E-state index in [9.17, 15) is 13.2 Å². The second-order valence-electron chi connectivity index (χ2n) is 8.34. The van der Waals surface area contributed by atoms with Crippen LogP contribution in [0.2, 0.25) is 0 Å². The summed E-state index contributed by atoms with van der Waals surface area (Å²) in [6, 6.07) is -0.321. The second-order valence-corrected chi connectivity index (χ2v) is 10.4. The molecule has 1 unspecified atom stereocenters. The molecule has 2 aliphatic rings. The van der Waals surface area contributed by atoms with Crippen LogP contribution in [-0.2, 0) is 14.8 Å². The smallest absolute Gasteiger partial charge is 0.249 e. The van der Waals surface area contributed by atoms with E-state index in [1.54, 1.807) is 0 Å². The van der Waals surface area contributed by atoms with Crippen molar-refractivity contribution in [1.82, 2.24) is 19.8 Å². The molecular weight excluding hydrogens is 380 g/mol. The molecule has 158 valence electrons. The van der Waals surface area contributed by atoms with Crippen LogP contribution in [0.4, 0.5) is 0 Å². The highest BCUT2D eigenvalue weighted by Gasteiger charge is 2.34. The molecule has 2 fully saturated rings. The van der Waals surface area contributed by atoms with Crippen LogP contribution in [0.1, 0.15) is 83.0 Å². The topological polar surface area (TPSA) is 105 Å². The highest BCUT2D eigenvalue weighted by atomic mass is 32.2. The number of hydrogen-bond acceptors (Lipinski definition) is 6. The van der Waals surface area contributed by atoms with Crippen molar-refractivity contribution in [2.45, 2.75) is 71.3 Å². The van der Waals surface area contributed by atoms with Gasteiger partial charge in [0.15, 0.2) is 5.82 Å². The van der Waals surface area contributed by atoms with Crippen LogP contribution in [0.15, 0.2) is 4.52 Å². The van der Waals surface area contributed by atoms with Crippen molar-refractivity contribution in [3.63, 3.8) is 0 Å². The molecule has 1 aliphatic carbocycles. The minimum absolute atomic E-state index is 0.0597. The first-order valence-electron chi connectivity index (χ1n) is 10.4. The number of sulfonamides is 1. The highest BCUT2D eigenvalue weighted by Crippen LogP contribution is 2.38. The summed E-state index contributed by atoms with van der Waals surface area (Å²) in [5.41, 5.74) is 0. The molecule has 1 amide bonds. The molecule has 0 bridgehead atoms. The van der Waals surface area contributed by atoms with Gasteiger partial charge in [0.05, 0.1) is 5.75 Å². The maximum atomic E-state index is 12.8. The summed E-state index contributed by atoms with van der Waals surface area (Å²) < 4.78 is 31.6. The highest BCUT2D eigenvalue weighted by molar-refractivity contribution is 7.89. The van der Waals surface area contributed by atoms with Gasteiger partial charge in [-0.2, -0.15) is 4.98 Å². The molecule has 8 nitrogen and oxygen atoms in total. The van der Waals surface area contributed by atoms with E-state index in [0.717, 1.165) is 25.1 Å². The minimum Gasteiger partial charge on any atom is -0.344 e. The van der Waals surface area contributed by atoms with Gasteiger partial charge in [0.2, 0.25) is 21.8 Å². The predicted octanol–water partition coefficient (Wildman–Crippen LogP) is 2.60. The first-order valence-corrected chi connectivity index (χ1v) is 12.0. The maximum Gasteiger partial charge on any atom is 0.249 e. The van der Waals surface area contributed by atoms with Gasteiger partial charge in [0.25, 0.3) is 0 Å². The number of carbonyl (C=O) groups is 1. The fraction of sp³-hybridized carbons (Fsp3) is 0.842. The molecule has 9 heteroatoms. The lowest BCUT2D eigenvalue weighted by atomic mass is 9.95. The average Bonchev–Trinajstić information content (AvgIpc) is 3.41. The molecule has 2 heterocycles. The van der Waals surface area contributed by atoms with Gasteiger partial charge in [-0.15, -0.1) is 0 Å². The van der Waals surface area contributed by atoms with Crippen molar-refractivity contribution in [3.05, 3.63) is 11.7 Å². The standard InChI is InChI=1S/C19H32N4O4S/c1-4-5-12-28(25,26)23-10-8-15(9-11-23)18(24)20-16(13(2)3)19-21-17(22-27-19)14-6-7-14/h13-16H,4-12H2,1-3H3,(H,20,24). The molecular formula is C19H32N4O4S. The number of rotatable bonds is 9. The van der Waals surface area contributed by atoms with Gasteiger partial charge >= 0.3 is 0 Å². The van der Waals surface area contributed by atoms with E-state index in [1.807, 2.05) is 20.8 Å². The van der Waals surface area contributed by atoms with E-state index in [0.29, 0.717) is 44.2 Å². The number of carbonyl (C=O) groups excluding carboxylic acids is 1. The van der Waals surface area contributed by atoms with Crippen molar-refractivity contribution in [2.75, 3.05) is 18.8 Å². The lowest BCUT2D eigenvalue weighted by molar-refractivity contribution is -0.127. The third-order valence-electron chi connectivity index (χ3n) is 5.60. The molecule has 0 aromatic carbocycles. The number of unbranched alkanes of at least 4 members (excludes halogenated alkanes) is 1. The fourth-order valence-electron chi connectivity index (χ4n) is 3.52. The zero-order chi connectivity index (χ0) is 20.3. The summed E-state index contributed by atoms with van der Waals surface area (Å²) in [4.78, 5) is 17.3. The Morgan fingerprint density at radius 3 is 2.50 bits per heavy atom. The Labute approximate surface area is 167 Å². The number of aromatic nitrogens is 2. The van der Waals surface area contributed by atoms with Crippen molar-refractivity contribution in [2.24, 2.45) is 11.8 Å². The number of nitrogens with zero attached hydrogens (tertiary/aromatic N) is 3. The number of amides is 1. The minimum atomic E-state index is -3.21. The molecule has 1 aromatic heterocycles. The van der Waals surface area contributed by atoms with E-state index in [-0.39, 0.29) is 29.5 Å². The SMILES string of the molecule is CCCCS(=O)(=O)N1CCC(C(=O)NC(c2nc(C3CC3)no2)C(C)C)CC1. The molecule has 1 atom stereocenters. The third-order valence-corrected chi connectivity index (χ3v) is 7.56. The predicted molar refractivity (Wildman–Crippen MR) is 105 cm³/mol. The molecule has 0 radical (unpaired) electrons. The summed E-state index contributed by atoms with van der Waals surface area (Å²) in [7, 11) is -3.21. The van der Waals surface area contributed by atoms with Crippen LogP contribution in [0.5, 0.6) is 0 Å². The largest absolute Gasteiger partial charge is 0.344 e. The Morgan fingerprint density at radius 1 is 1.25 bits per heavy atom. The fourth-order valence-corrected chi connectivity index (χ4v) is 5.20.